The lowest BCUT2D eigenvalue weighted by Gasteiger charge is -2.13. The summed E-state index contributed by atoms with van der Waals surface area (Å²) >= 11 is 0. The molecule has 0 bridgehead atoms. The number of hydrogen-bond acceptors (Lipinski definition) is 4. The Morgan fingerprint density at radius 2 is 1.89 bits per heavy atom. The lowest BCUT2D eigenvalue weighted by molar-refractivity contribution is 0.0966. The third kappa shape index (κ3) is 4.35. The molecule has 0 unspecified atom stereocenters. The summed E-state index contributed by atoms with van der Waals surface area (Å²) in [6.45, 7) is 4.15. The van der Waals surface area contributed by atoms with Crippen LogP contribution in [0.3, 0.4) is 0 Å². The Hall–Kier alpha value is -4.53. The Balaban J connectivity index is 1.41. The van der Waals surface area contributed by atoms with Gasteiger partial charge in [0.1, 0.15) is 17.5 Å². The molecule has 0 spiro atoms. The summed E-state index contributed by atoms with van der Waals surface area (Å²) < 4.78 is 15.2. The summed E-state index contributed by atoms with van der Waals surface area (Å²) in [6, 6.07) is 12.9. The number of halogens is 1. The Morgan fingerprint density at radius 1 is 1.09 bits per heavy atom. The van der Waals surface area contributed by atoms with E-state index in [0.717, 1.165) is 17.8 Å². The van der Waals surface area contributed by atoms with Gasteiger partial charge < -0.3 is 15.6 Å². The number of aryl methyl sites for hydroxylation is 2. The molecule has 4 N–H and O–H groups in total. The van der Waals surface area contributed by atoms with Gasteiger partial charge in [-0.2, -0.15) is 0 Å². The molecule has 0 aliphatic carbocycles. The van der Waals surface area contributed by atoms with Crippen molar-refractivity contribution in [2.24, 2.45) is 0 Å². The molecule has 35 heavy (non-hydrogen) atoms. The highest BCUT2D eigenvalue weighted by Crippen LogP contribution is 2.36. The molecule has 0 saturated carbocycles. The monoisotopic (exact) mass is 470 g/mol. The minimum atomic E-state index is -0.522. The van der Waals surface area contributed by atoms with Crippen molar-refractivity contribution in [3.8, 4) is 22.5 Å². The predicted molar refractivity (Wildman–Crippen MR) is 132 cm³/mol. The van der Waals surface area contributed by atoms with Crippen LogP contribution in [0.25, 0.3) is 22.5 Å². The number of aromatic amines is 1. The average Bonchev–Trinajstić information content (AvgIpc) is 3.45. The van der Waals surface area contributed by atoms with Crippen LogP contribution in [0.15, 0.2) is 54.7 Å². The minimum absolute atomic E-state index is 0.220. The first-order valence-corrected chi connectivity index (χ1v) is 11.2. The van der Waals surface area contributed by atoms with E-state index in [-0.39, 0.29) is 5.91 Å². The highest BCUT2D eigenvalue weighted by atomic mass is 19.1. The van der Waals surface area contributed by atoms with Crippen LogP contribution < -0.4 is 16.0 Å². The average molecular weight is 471 g/mol. The number of urea groups is 1. The van der Waals surface area contributed by atoms with E-state index >= 15 is 4.39 Å². The summed E-state index contributed by atoms with van der Waals surface area (Å²) in [7, 11) is 0. The maximum absolute atomic E-state index is 15.2. The number of anilines is 2. The number of nitrogens with zero attached hydrogens (tertiary/aromatic N) is 2. The van der Waals surface area contributed by atoms with Crippen LogP contribution in [-0.4, -0.2) is 26.9 Å². The van der Waals surface area contributed by atoms with Gasteiger partial charge >= 0.3 is 6.03 Å². The normalized spacial score (nSPS) is 12.3. The van der Waals surface area contributed by atoms with E-state index in [1.807, 2.05) is 26.0 Å². The molecule has 0 atom stereocenters. The van der Waals surface area contributed by atoms with Crippen LogP contribution in [-0.2, 0) is 13.0 Å². The summed E-state index contributed by atoms with van der Waals surface area (Å²) in [5, 5.41) is 8.11. The van der Waals surface area contributed by atoms with Gasteiger partial charge in [-0.1, -0.05) is 19.1 Å². The van der Waals surface area contributed by atoms with E-state index in [1.54, 1.807) is 36.5 Å². The molecule has 0 saturated heterocycles. The number of amides is 3. The maximum Gasteiger partial charge on any atom is 0.324 e. The molecule has 3 heterocycles. The van der Waals surface area contributed by atoms with E-state index in [2.05, 4.69) is 30.9 Å². The zero-order valence-electron chi connectivity index (χ0n) is 19.2. The third-order valence-electron chi connectivity index (χ3n) is 5.85. The van der Waals surface area contributed by atoms with E-state index in [4.69, 9.17) is 0 Å². The number of carbonyl (C=O) groups excluding carboxylic acids is 2. The molecule has 176 valence electrons. The first-order chi connectivity index (χ1) is 16.9. The van der Waals surface area contributed by atoms with Gasteiger partial charge in [0.25, 0.3) is 5.91 Å². The molecule has 3 amide bonds. The maximum atomic E-state index is 15.2. The molecular formula is C26H23FN6O2. The van der Waals surface area contributed by atoms with Crippen molar-refractivity contribution in [2.45, 2.75) is 26.8 Å². The van der Waals surface area contributed by atoms with Crippen LogP contribution in [0.4, 0.5) is 20.7 Å². The SMILES string of the molecule is CCc1cccc(NC(=O)Nc2ccc(-c3ccc(-c4ncc(C)[nH]4)c4c3CNC4=O)c(F)c2)n1. The van der Waals surface area contributed by atoms with Crippen LogP contribution in [0, 0.1) is 12.7 Å². The summed E-state index contributed by atoms with van der Waals surface area (Å²) in [5.41, 5.74) is 4.84. The van der Waals surface area contributed by atoms with E-state index in [1.165, 1.54) is 6.07 Å². The van der Waals surface area contributed by atoms with Crippen molar-refractivity contribution < 1.29 is 14.0 Å². The number of nitrogens with one attached hydrogen (secondary N) is 4. The number of H-pyrrole nitrogens is 1. The molecule has 2 aromatic heterocycles. The number of carbonyl (C=O) groups is 2. The summed E-state index contributed by atoms with van der Waals surface area (Å²) in [5.74, 6) is 0.268. The Labute approximate surface area is 201 Å². The van der Waals surface area contributed by atoms with Gasteiger partial charge in [0.2, 0.25) is 0 Å². The van der Waals surface area contributed by atoms with Crippen molar-refractivity contribution in [1.82, 2.24) is 20.3 Å². The molecule has 9 heteroatoms. The summed E-state index contributed by atoms with van der Waals surface area (Å²) in [4.78, 5) is 36.8. The van der Waals surface area contributed by atoms with Crippen LogP contribution in [0.5, 0.6) is 0 Å². The minimum Gasteiger partial charge on any atom is -0.348 e. The number of aromatic nitrogens is 3. The summed E-state index contributed by atoms with van der Waals surface area (Å²) in [6.07, 6.45) is 2.44. The Kier molecular flexibility index (Phi) is 5.74. The van der Waals surface area contributed by atoms with E-state index < -0.39 is 11.8 Å². The van der Waals surface area contributed by atoms with Gasteiger partial charge in [-0.3, -0.25) is 10.1 Å². The number of pyridine rings is 1. The second-order valence-corrected chi connectivity index (χ2v) is 8.25. The molecule has 0 radical (unpaired) electrons. The first-order valence-electron chi connectivity index (χ1n) is 11.2. The highest BCUT2D eigenvalue weighted by Gasteiger charge is 2.28. The van der Waals surface area contributed by atoms with Gasteiger partial charge in [0.15, 0.2) is 0 Å². The topological polar surface area (TPSA) is 112 Å². The van der Waals surface area contributed by atoms with Crippen LogP contribution in [0.2, 0.25) is 0 Å². The van der Waals surface area contributed by atoms with Crippen molar-refractivity contribution in [2.75, 3.05) is 10.6 Å². The quantitative estimate of drug-likeness (QED) is 0.328. The highest BCUT2D eigenvalue weighted by molar-refractivity contribution is 6.06. The number of hydrogen-bond donors (Lipinski definition) is 4. The fourth-order valence-electron chi connectivity index (χ4n) is 4.18. The predicted octanol–water partition coefficient (Wildman–Crippen LogP) is 5.04. The number of benzene rings is 2. The number of fused-ring (bicyclic) bond motifs is 1. The molecule has 1 aliphatic heterocycles. The second-order valence-electron chi connectivity index (χ2n) is 8.25. The first kappa shape index (κ1) is 22.3. The van der Waals surface area contributed by atoms with Gasteiger partial charge in [0, 0.05) is 40.9 Å². The Morgan fingerprint density at radius 3 is 2.63 bits per heavy atom. The van der Waals surface area contributed by atoms with E-state index in [9.17, 15) is 9.59 Å². The van der Waals surface area contributed by atoms with Crippen LogP contribution in [0.1, 0.15) is 34.2 Å². The van der Waals surface area contributed by atoms with Gasteiger partial charge in [-0.15, -0.1) is 0 Å². The lowest BCUT2D eigenvalue weighted by atomic mass is 9.92. The Bertz CT molecular complexity index is 1460. The second kappa shape index (κ2) is 9.02. The molecule has 4 aromatic rings. The molecule has 1 aliphatic rings. The van der Waals surface area contributed by atoms with Crippen molar-refractivity contribution in [1.29, 1.82) is 0 Å². The largest absolute Gasteiger partial charge is 0.348 e. The van der Waals surface area contributed by atoms with Crippen LogP contribution >= 0.6 is 0 Å². The van der Waals surface area contributed by atoms with Gasteiger partial charge in [0.05, 0.1) is 5.56 Å². The standard InChI is InChI=1S/C26H23FN6O2/c1-3-15-5-4-6-22(31-15)33-26(35)32-16-7-8-18(21(27)11-16)17-9-10-19(24-28-12-14(2)30-24)23-20(17)13-29-25(23)34/h4-12H,3,13H2,1-2H3,(H,28,30)(H,29,34)(H2,31,32,33,35). The van der Waals surface area contributed by atoms with Crippen molar-refractivity contribution >= 4 is 23.4 Å². The van der Waals surface area contributed by atoms with E-state index in [0.29, 0.717) is 51.7 Å². The molecular weight excluding hydrogens is 447 g/mol. The van der Waals surface area contributed by atoms with Crippen molar-refractivity contribution in [3.63, 3.8) is 0 Å². The molecule has 0 fully saturated rings. The smallest absolute Gasteiger partial charge is 0.324 e. The lowest BCUT2D eigenvalue weighted by Crippen LogP contribution is -2.20. The van der Waals surface area contributed by atoms with Gasteiger partial charge in [-0.25, -0.2) is 19.2 Å². The van der Waals surface area contributed by atoms with Crippen molar-refractivity contribution in [3.05, 3.63) is 83.1 Å². The zero-order chi connectivity index (χ0) is 24.5. The fraction of sp³-hybridized carbons (Fsp3) is 0.154. The molecule has 5 rings (SSSR count). The zero-order valence-corrected chi connectivity index (χ0v) is 19.2. The third-order valence-corrected chi connectivity index (χ3v) is 5.85. The number of imidazole rings is 1. The molecule has 2 aromatic carbocycles. The molecule has 8 nitrogen and oxygen atoms in total. The van der Waals surface area contributed by atoms with Gasteiger partial charge in [-0.05, 0) is 60.9 Å². The fourth-order valence-corrected chi connectivity index (χ4v) is 4.18. The number of rotatable bonds is 5.